The molecule has 0 amide bonds. The summed E-state index contributed by atoms with van der Waals surface area (Å²) < 4.78 is 7.49. The molecular formula is C15H19N3O. The van der Waals surface area contributed by atoms with Crippen LogP contribution in [-0.4, -0.2) is 23.2 Å². The molecule has 1 atom stereocenters. The van der Waals surface area contributed by atoms with E-state index in [0.717, 1.165) is 18.8 Å². The largest absolute Gasteiger partial charge is 0.497 e. The predicted molar refractivity (Wildman–Crippen MR) is 74.3 cm³/mol. The van der Waals surface area contributed by atoms with Crippen LogP contribution in [0.1, 0.15) is 30.1 Å². The fourth-order valence-electron chi connectivity index (χ4n) is 2.66. The molecule has 1 aliphatic heterocycles. The van der Waals surface area contributed by atoms with Gasteiger partial charge in [-0.3, -0.25) is 0 Å². The molecule has 3 rings (SSSR count). The molecule has 0 saturated carbocycles. The van der Waals surface area contributed by atoms with Crippen molar-refractivity contribution in [2.45, 2.75) is 25.4 Å². The van der Waals surface area contributed by atoms with Gasteiger partial charge >= 0.3 is 0 Å². The molecule has 1 N–H and O–H groups in total. The van der Waals surface area contributed by atoms with Crippen LogP contribution >= 0.6 is 0 Å². The smallest absolute Gasteiger partial charge is 0.119 e. The molecule has 1 aromatic heterocycles. The summed E-state index contributed by atoms with van der Waals surface area (Å²) in [6.07, 6.45) is 6.33. The first kappa shape index (κ1) is 12.2. The second kappa shape index (κ2) is 5.45. The molecule has 19 heavy (non-hydrogen) atoms. The predicted octanol–water partition coefficient (Wildman–Crippen LogP) is 2.36. The van der Waals surface area contributed by atoms with Gasteiger partial charge in [-0.1, -0.05) is 12.1 Å². The maximum absolute atomic E-state index is 5.27. The Kier molecular flexibility index (Phi) is 3.51. The molecule has 4 nitrogen and oxygen atoms in total. The number of methoxy groups -OCH3 is 1. The van der Waals surface area contributed by atoms with Gasteiger partial charge in [-0.05, 0) is 37.1 Å². The topological polar surface area (TPSA) is 39.1 Å². The SMILES string of the molecule is COc1cccc(Cn2cncc2C2CCCN2)c1. The summed E-state index contributed by atoms with van der Waals surface area (Å²) in [5, 5.41) is 3.52. The van der Waals surface area contributed by atoms with Gasteiger partial charge in [0, 0.05) is 18.8 Å². The third kappa shape index (κ3) is 2.63. The fraction of sp³-hybridized carbons (Fsp3) is 0.400. The van der Waals surface area contributed by atoms with E-state index in [2.05, 4.69) is 27.0 Å². The van der Waals surface area contributed by atoms with E-state index in [1.54, 1.807) is 7.11 Å². The Morgan fingerprint density at radius 2 is 2.42 bits per heavy atom. The molecule has 0 bridgehead atoms. The second-order valence-electron chi connectivity index (χ2n) is 4.95. The van der Waals surface area contributed by atoms with Crippen molar-refractivity contribution >= 4 is 0 Å². The average Bonchev–Trinajstić information content (AvgIpc) is 3.09. The Morgan fingerprint density at radius 1 is 1.47 bits per heavy atom. The molecule has 1 fully saturated rings. The van der Waals surface area contributed by atoms with Crippen LogP contribution in [0.2, 0.25) is 0 Å². The highest BCUT2D eigenvalue weighted by Crippen LogP contribution is 2.23. The van der Waals surface area contributed by atoms with E-state index in [0.29, 0.717) is 6.04 Å². The molecule has 2 aromatic rings. The quantitative estimate of drug-likeness (QED) is 0.914. The Labute approximate surface area is 113 Å². The summed E-state index contributed by atoms with van der Waals surface area (Å²) in [6, 6.07) is 8.64. The third-order valence-corrected chi connectivity index (χ3v) is 3.65. The highest BCUT2D eigenvalue weighted by atomic mass is 16.5. The summed E-state index contributed by atoms with van der Waals surface area (Å²) >= 11 is 0. The van der Waals surface area contributed by atoms with Gasteiger partial charge in [0.05, 0.1) is 19.1 Å². The number of hydrogen-bond acceptors (Lipinski definition) is 3. The second-order valence-corrected chi connectivity index (χ2v) is 4.95. The summed E-state index contributed by atoms with van der Waals surface area (Å²) in [4.78, 5) is 4.30. The number of nitrogens with zero attached hydrogens (tertiary/aromatic N) is 2. The minimum absolute atomic E-state index is 0.452. The lowest BCUT2D eigenvalue weighted by Gasteiger charge is -2.14. The summed E-state index contributed by atoms with van der Waals surface area (Å²) in [5.74, 6) is 0.901. The van der Waals surface area contributed by atoms with Crippen molar-refractivity contribution < 1.29 is 4.74 Å². The number of nitrogens with one attached hydrogen (secondary N) is 1. The molecule has 1 aromatic carbocycles. The molecule has 1 unspecified atom stereocenters. The molecule has 4 heteroatoms. The lowest BCUT2D eigenvalue weighted by molar-refractivity contribution is 0.414. The lowest BCUT2D eigenvalue weighted by atomic mass is 10.1. The molecule has 100 valence electrons. The van der Waals surface area contributed by atoms with E-state index in [1.807, 2.05) is 24.7 Å². The molecule has 1 aliphatic rings. The first-order valence-electron chi connectivity index (χ1n) is 6.73. The molecule has 1 saturated heterocycles. The average molecular weight is 257 g/mol. The van der Waals surface area contributed by atoms with Crippen molar-refractivity contribution in [2.24, 2.45) is 0 Å². The maximum Gasteiger partial charge on any atom is 0.119 e. The van der Waals surface area contributed by atoms with Gasteiger partial charge in [-0.25, -0.2) is 4.98 Å². The molecular weight excluding hydrogens is 238 g/mol. The number of rotatable bonds is 4. The monoisotopic (exact) mass is 257 g/mol. The van der Waals surface area contributed by atoms with Crippen molar-refractivity contribution in [3.8, 4) is 5.75 Å². The van der Waals surface area contributed by atoms with Crippen molar-refractivity contribution in [1.29, 1.82) is 0 Å². The van der Waals surface area contributed by atoms with Gasteiger partial charge in [0.2, 0.25) is 0 Å². The standard InChI is InChI=1S/C15H19N3O/c1-19-13-5-2-4-12(8-13)10-18-11-16-9-15(18)14-6-3-7-17-14/h2,4-5,8-9,11,14,17H,3,6-7,10H2,1H3. The first-order chi connectivity index (χ1) is 9.36. The minimum atomic E-state index is 0.452. The Hall–Kier alpha value is -1.81. The van der Waals surface area contributed by atoms with Gasteiger partial charge in [-0.15, -0.1) is 0 Å². The van der Waals surface area contributed by atoms with Crippen LogP contribution in [0, 0.1) is 0 Å². The van der Waals surface area contributed by atoms with E-state index in [4.69, 9.17) is 4.74 Å². The van der Waals surface area contributed by atoms with E-state index in [-0.39, 0.29) is 0 Å². The van der Waals surface area contributed by atoms with E-state index in [9.17, 15) is 0 Å². The zero-order valence-corrected chi connectivity index (χ0v) is 11.2. The van der Waals surface area contributed by atoms with Crippen LogP contribution in [0.25, 0.3) is 0 Å². The first-order valence-corrected chi connectivity index (χ1v) is 6.73. The molecule has 0 aliphatic carbocycles. The normalized spacial score (nSPS) is 18.7. The summed E-state index contributed by atoms with van der Waals surface area (Å²) in [6.45, 7) is 1.94. The zero-order valence-electron chi connectivity index (χ0n) is 11.2. The third-order valence-electron chi connectivity index (χ3n) is 3.65. The Morgan fingerprint density at radius 3 is 3.21 bits per heavy atom. The number of benzene rings is 1. The van der Waals surface area contributed by atoms with Crippen LogP contribution in [0.3, 0.4) is 0 Å². The number of aromatic nitrogens is 2. The highest BCUT2D eigenvalue weighted by Gasteiger charge is 2.19. The van der Waals surface area contributed by atoms with E-state index >= 15 is 0 Å². The number of hydrogen-bond donors (Lipinski definition) is 1. The summed E-state index contributed by atoms with van der Waals surface area (Å²) in [7, 11) is 1.70. The van der Waals surface area contributed by atoms with Gasteiger partial charge in [-0.2, -0.15) is 0 Å². The number of imidazole rings is 1. The van der Waals surface area contributed by atoms with E-state index < -0.39 is 0 Å². The van der Waals surface area contributed by atoms with Crippen LogP contribution in [0.5, 0.6) is 5.75 Å². The van der Waals surface area contributed by atoms with Crippen molar-refractivity contribution in [3.63, 3.8) is 0 Å². The molecule has 2 heterocycles. The van der Waals surface area contributed by atoms with Gasteiger partial charge in [0.15, 0.2) is 0 Å². The van der Waals surface area contributed by atoms with Gasteiger partial charge in [0.25, 0.3) is 0 Å². The molecule has 0 radical (unpaired) electrons. The maximum atomic E-state index is 5.27. The lowest BCUT2D eigenvalue weighted by Crippen LogP contribution is -2.17. The Bertz CT molecular complexity index is 544. The van der Waals surface area contributed by atoms with Crippen LogP contribution in [0.4, 0.5) is 0 Å². The Balaban J connectivity index is 1.81. The van der Waals surface area contributed by atoms with Crippen molar-refractivity contribution in [1.82, 2.24) is 14.9 Å². The van der Waals surface area contributed by atoms with Gasteiger partial charge < -0.3 is 14.6 Å². The van der Waals surface area contributed by atoms with Crippen molar-refractivity contribution in [3.05, 3.63) is 48.0 Å². The van der Waals surface area contributed by atoms with Crippen molar-refractivity contribution in [2.75, 3.05) is 13.7 Å². The van der Waals surface area contributed by atoms with Crippen LogP contribution in [0.15, 0.2) is 36.8 Å². The highest BCUT2D eigenvalue weighted by molar-refractivity contribution is 5.29. The van der Waals surface area contributed by atoms with Gasteiger partial charge in [0.1, 0.15) is 5.75 Å². The zero-order chi connectivity index (χ0) is 13.1. The molecule has 0 spiro atoms. The van der Waals surface area contributed by atoms with Crippen LogP contribution < -0.4 is 10.1 Å². The van der Waals surface area contributed by atoms with Crippen LogP contribution in [-0.2, 0) is 6.54 Å². The summed E-state index contributed by atoms with van der Waals surface area (Å²) in [5.41, 5.74) is 2.51. The fourth-order valence-corrected chi connectivity index (χ4v) is 2.66. The van der Waals surface area contributed by atoms with E-state index in [1.165, 1.54) is 24.1 Å². The number of ether oxygens (including phenoxy) is 1. The minimum Gasteiger partial charge on any atom is -0.497 e.